The van der Waals surface area contributed by atoms with Gasteiger partial charge in [0.25, 0.3) is 0 Å². The number of methoxy groups -OCH3 is 1. The monoisotopic (exact) mass is 197 g/mol. The second kappa shape index (κ2) is 4.96. The third-order valence-electron chi connectivity index (χ3n) is 2.13. The third-order valence-corrected chi connectivity index (χ3v) is 2.13. The minimum absolute atomic E-state index is 0.0978. The van der Waals surface area contributed by atoms with Crippen molar-refractivity contribution in [2.24, 2.45) is 5.73 Å². The normalized spacial score (nSPS) is 12.6. The van der Waals surface area contributed by atoms with Gasteiger partial charge >= 0.3 is 0 Å². The Morgan fingerprint density at radius 2 is 2.21 bits per heavy atom. The van der Waals surface area contributed by atoms with E-state index in [0.29, 0.717) is 17.7 Å². The van der Waals surface area contributed by atoms with Gasteiger partial charge in [-0.3, -0.25) is 0 Å². The van der Waals surface area contributed by atoms with Crippen LogP contribution in [0.5, 0.6) is 5.75 Å². The predicted molar refractivity (Wildman–Crippen MR) is 54.9 cm³/mol. The van der Waals surface area contributed by atoms with Crippen LogP contribution in [-0.4, -0.2) is 13.2 Å². The molecule has 0 saturated heterocycles. The molecule has 0 amide bonds. The number of hydrogen-bond donors (Lipinski definition) is 1. The summed E-state index contributed by atoms with van der Waals surface area (Å²) in [5.74, 6) is 0.0304. The van der Waals surface area contributed by atoms with E-state index in [4.69, 9.17) is 10.5 Å². The van der Waals surface area contributed by atoms with E-state index in [0.717, 1.165) is 6.42 Å². The molecule has 2 N–H and O–H groups in total. The Balaban J connectivity index is 2.76. The number of nitrogens with two attached hydrogens (primary N) is 1. The fourth-order valence-corrected chi connectivity index (χ4v) is 1.29. The second-order valence-corrected chi connectivity index (χ2v) is 3.45. The predicted octanol–water partition coefficient (Wildman–Crippen LogP) is 2.11. The first-order valence-corrected chi connectivity index (χ1v) is 4.72. The van der Waals surface area contributed by atoms with Gasteiger partial charge in [0.1, 0.15) is 0 Å². The SMILES string of the molecule is COc1cccc(CCC(C)N)c1F. The Bertz CT molecular complexity index is 299. The van der Waals surface area contributed by atoms with Gasteiger partial charge in [0.2, 0.25) is 0 Å². The quantitative estimate of drug-likeness (QED) is 0.802. The van der Waals surface area contributed by atoms with E-state index >= 15 is 0 Å². The molecule has 0 aromatic heterocycles. The van der Waals surface area contributed by atoms with E-state index in [1.54, 1.807) is 18.2 Å². The summed E-state index contributed by atoms with van der Waals surface area (Å²) in [6, 6.07) is 5.27. The van der Waals surface area contributed by atoms with E-state index < -0.39 is 0 Å². The largest absolute Gasteiger partial charge is 0.494 e. The van der Waals surface area contributed by atoms with Gasteiger partial charge in [0.05, 0.1) is 7.11 Å². The van der Waals surface area contributed by atoms with Gasteiger partial charge in [-0.05, 0) is 31.4 Å². The molecule has 1 rings (SSSR count). The molecule has 1 aromatic rings. The molecule has 1 unspecified atom stereocenters. The van der Waals surface area contributed by atoms with Crippen LogP contribution in [0.15, 0.2) is 18.2 Å². The van der Waals surface area contributed by atoms with Crippen molar-refractivity contribution in [1.82, 2.24) is 0 Å². The fraction of sp³-hybridized carbons (Fsp3) is 0.455. The summed E-state index contributed by atoms with van der Waals surface area (Å²) in [7, 11) is 1.47. The minimum atomic E-state index is -0.268. The highest BCUT2D eigenvalue weighted by Crippen LogP contribution is 2.21. The maximum Gasteiger partial charge on any atom is 0.168 e. The van der Waals surface area contributed by atoms with Gasteiger partial charge in [-0.25, -0.2) is 4.39 Å². The first-order valence-electron chi connectivity index (χ1n) is 4.72. The molecule has 1 aromatic carbocycles. The maximum absolute atomic E-state index is 13.6. The molecule has 14 heavy (non-hydrogen) atoms. The van der Waals surface area contributed by atoms with Crippen LogP contribution in [0, 0.1) is 5.82 Å². The molecule has 2 nitrogen and oxygen atoms in total. The molecule has 1 atom stereocenters. The van der Waals surface area contributed by atoms with Crippen molar-refractivity contribution in [3.8, 4) is 5.75 Å². The topological polar surface area (TPSA) is 35.2 Å². The average molecular weight is 197 g/mol. The summed E-state index contributed by atoms with van der Waals surface area (Å²) < 4.78 is 18.4. The first-order chi connectivity index (χ1) is 6.65. The van der Waals surface area contributed by atoms with E-state index in [9.17, 15) is 4.39 Å². The zero-order valence-corrected chi connectivity index (χ0v) is 8.59. The van der Waals surface area contributed by atoms with Crippen molar-refractivity contribution in [3.05, 3.63) is 29.6 Å². The van der Waals surface area contributed by atoms with E-state index in [-0.39, 0.29) is 11.9 Å². The Morgan fingerprint density at radius 1 is 1.50 bits per heavy atom. The zero-order chi connectivity index (χ0) is 10.6. The van der Waals surface area contributed by atoms with Crippen LogP contribution in [0.25, 0.3) is 0 Å². The molecule has 78 valence electrons. The molecular weight excluding hydrogens is 181 g/mol. The number of hydrogen-bond acceptors (Lipinski definition) is 2. The van der Waals surface area contributed by atoms with Crippen molar-refractivity contribution >= 4 is 0 Å². The summed E-state index contributed by atoms with van der Waals surface area (Å²) in [6.07, 6.45) is 1.44. The third kappa shape index (κ3) is 2.70. The average Bonchev–Trinajstić information content (AvgIpc) is 2.16. The molecule has 0 radical (unpaired) electrons. The Kier molecular flexibility index (Phi) is 3.89. The molecule has 0 fully saturated rings. The van der Waals surface area contributed by atoms with Crippen LogP contribution in [0.1, 0.15) is 18.9 Å². The van der Waals surface area contributed by atoms with Gasteiger partial charge in [-0.15, -0.1) is 0 Å². The lowest BCUT2D eigenvalue weighted by molar-refractivity contribution is 0.383. The Labute approximate surface area is 83.9 Å². The summed E-state index contributed by atoms with van der Waals surface area (Å²) >= 11 is 0. The first kappa shape index (κ1) is 11.0. The van der Waals surface area contributed by atoms with Crippen molar-refractivity contribution in [2.75, 3.05) is 7.11 Å². The molecule has 0 aliphatic heterocycles. The summed E-state index contributed by atoms with van der Waals surface area (Å²) in [5.41, 5.74) is 6.28. The zero-order valence-electron chi connectivity index (χ0n) is 8.59. The van der Waals surface area contributed by atoms with Gasteiger partial charge in [-0.2, -0.15) is 0 Å². The van der Waals surface area contributed by atoms with Crippen LogP contribution in [0.4, 0.5) is 4.39 Å². The van der Waals surface area contributed by atoms with Crippen molar-refractivity contribution < 1.29 is 9.13 Å². The van der Waals surface area contributed by atoms with Crippen molar-refractivity contribution in [2.45, 2.75) is 25.8 Å². The van der Waals surface area contributed by atoms with Crippen LogP contribution in [0.3, 0.4) is 0 Å². The van der Waals surface area contributed by atoms with Crippen molar-refractivity contribution in [3.63, 3.8) is 0 Å². The number of benzene rings is 1. The van der Waals surface area contributed by atoms with Gasteiger partial charge in [0, 0.05) is 6.04 Å². The molecule has 0 aliphatic rings. The number of aryl methyl sites for hydroxylation is 1. The van der Waals surface area contributed by atoms with Crippen LogP contribution in [0.2, 0.25) is 0 Å². The summed E-state index contributed by atoms with van der Waals surface area (Å²) in [4.78, 5) is 0. The molecule has 0 spiro atoms. The van der Waals surface area contributed by atoms with Gasteiger partial charge in [-0.1, -0.05) is 12.1 Å². The lowest BCUT2D eigenvalue weighted by Crippen LogP contribution is -2.15. The lowest BCUT2D eigenvalue weighted by Gasteiger charge is -2.08. The second-order valence-electron chi connectivity index (χ2n) is 3.45. The number of ether oxygens (including phenoxy) is 1. The summed E-state index contributed by atoms with van der Waals surface area (Å²) in [6.45, 7) is 1.91. The number of rotatable bonds is 4. The molecule has 0 saturated carbocycles. The summed E-state index contributed by atoms with van der Waals surface area (Å²) in [5, 5.41) is 0. The highest BCUT2D eigenvalue weighted by Gasteiger charge is 2.08. The lowest BCUT2D eigenvalue weighted by atomic mass is 10.1. The standard InChI is InChI=1S/C11H16FNO/c1-8(13)6-7-9-4-3-5-10(14-2)11(9)12/h3-5,8H,6-7,13H2,1-2H3. The van der Waals surface area contributed by atoms with E-state index in [1.165, 1.54) is 7.11 Å². The smallest absolute Gasteiger partial charge is 0.168 e. The molecule has 0 bridgehead atoms. The highest BCUT2D eigenvalue weighted by molar-refractivity contribution is 5.31. The number of halogens is 1. The minimum Gasteiger partial charge on any atom is -0.494 e. The molecular formula is C11H16FNO. The molecule has 3 heteroatoms. The van der Waals surface area contributed by atoms with Crippen molar-refractivity contribution in [1.29, 1.82) is 0 Å². The van der Waals surface area contributed by atoms with Crippen LogP contribution >= 0.6 is 0 Å². The van der Waals surface area contributed by atoms with Gasteiger partial charge < -0.3 is 10.5 Å². The fourth-order valence-electron chi connectivity index (χ4n) is 1.29. The van der Waals surface area contributed by atoms with E-state index in [1.807, 2.05) is 6.92 Å². The van der Waals surface area contributed by atoms with Crippen LogP contribution < -0.4 is 10.5 Å². The van der Waals surface area contributed by atoms with Crippen LogP contribution in [-0.2, 0) is 6.42 Å². The Hall–Kier alpha value is -1.09. The molecule has 0 heterocycles. The van der Waals surface area contributed by atoms with E-state index in [2.05, 4.69) is 0 Å². The maximum atomic E-state index is 13.6. The van der Waals surface area contributed by atoms with Gasteiger partial charge in [0.15, 0.2) is 11.6 Å². The highest BCUT2D eigenvalue weighted by atomic mass is 19.1. The Morgan fingerprint density at radius 3 is 2.79 bits per heavy atom. The molecule has 0 aliphatic carbocycles.